The van der Waals surface area contributed by atoms with Crippen molar-refractivity contribution in [1.29, 1.82) is 0 Å². The number of methoxy groups -OCH3 is 1. The summed E-state index contributed by atoms with van der Waals surface area (Å²) in [6.45, 7) is 0.530. The molecule has 2 aromatic carbocycles. The number of hydrogen-bond acceptors (Lipinski definition) is 4. The lowest BCUT2D eigenvalue weighted by Gasteiger charge is -2.09. The van der Waals surface area contributed by atoms with Gasteiger partial charge in [-0.1, -0.05) is 46.3 Å². The Morgan fingerprint density at radius 1 is 1.14 bits per heavy atom. The molecular formula is C21H18BrN3O3. The van der Waals surface area contributed by atoms with Crippen LogP contribution in [0, 0.1) is 0 Å². The number of hydrogen-bond donors (Lipinski definition) is 1. The Balaban J connectivity index is 1.64. The molecule has 0 saturated heterocycles. The van der Waals surface area contributed by atoms with E-state index in [1.165, 1.54) is 13.2 Å². The van der Waals surface area contributed by atoms with Crippen LogP contribution in [0.4, 0.5) is 5.82 Å². The van der Waals surface area contributed by atoms with E-state index in [-0.39, 0.29) is 5.91 Å². The zero-order valence-electron chi connectivity index (χ0n) is 15.1. The fourth-order valence-corrected chi connectivity index (χ4v) is 2.95. The van der Waals surface area contributed by atoms with Crippen LogP contribution < -0.4 is 5.32 Å². The molecule has 0 unspecified atom stereocenters. The standard InChI is InChI=1S/C21H18BrN3O3/c1-28-21(27)16-9-6-15(7-10-16)8-11-20(26)24-19-12-13-23-25(19)14-17-4-2-3-5-18(17)22/h2-13H,14H2,1H3,(H,24,26)/b11-8+. The molecule has 1 amide bonds. The summed E-state index contributed by atoms with van der Waals surface area (Å²) in [4.78, 5) is 23.7. The molecule has 0 radical (unpaired) electrons. The van der Waals surface area contributed by atoms with Crippen LogP contribution in [0.15, 0.2) is 71.3 Å². The molecule has 0 spiro atoms. The third-order valence-corrected chi connectivity index (χ3v) is 4.78. The Kier molecular flexibility index (Phi) is 6.39. The van der Waals surface area contributed by atoms with Crippen LogP contribution in [0.25, 0.3) is 6.08 Å². The Bertz CT molecular complexity index is 1010. The lowest BCUT2D eigenvalue weighted by molar-refractivity contribution is -0.111. The molecule has 3 aromatic rings. The zero-order valence-corrected chi connectivity index (χ0v) is 16.7. The second kappa shape index (κ2) is 9.14. The van der Waals surface area contributed by atoms with Crippen LogP contribution in [0.3, 0.4) is 0 Å². The first-order valence-electron chi connectivity index (χ1n) is 8.49. The normalized spacial score (nSPS) is 10.8. The molecule has 7 heteroatoms. The number of carbonyl (C=O) groups excluding carboxylic acids is 2. The Morgan fingerprint density at radius 3 is 2.61 bits per heavy atom. The number of rotatable bonds is 6. The van der Waals surface area contributed by atoms with Gasteiger partial charge in [0.05, 0.1) is 25.4 Å². The van der Waals surface area contributed by atoms with E-state index in [0.717, 1.165) is 15.6 Å². The molecule has 0 aliphatic heterocycles. The average molecular weight is 440 g/mol. The number of benzene rings is 2. The van der Waals surface area contributed by atoms with Gasteiger partial charge in [-0.05, 0) is 35.4 Å². The highest BCUT2D eigenvalue weighted by Crippen LogP contribution is 2.18. The van der Waals surface area contributed by atoms with Gasteiger partial charge in [-0.15, -0.1) is 0 Å². The highest BCUT2D eigenvalue weighted by Gasteiger charge is 2.08. The van der Waals surface area contributed by atoms with Crippen molar-refractivity contribution in [2.24, 2.45) is 0 Å². The van der Waals surface area contributed by atoms with Gasteiger partial charge >= 0.3 is 5.97 Å². The molecule has 0 bridgehead atoms. The number of nitrogens with zero attached hydrogens (tertiary/aromatic N) is 2. The molecular weight excluding hydrogens is 422 g/mol. The summed E-state index contributed by atoms with van der Waals surface area (Å²) < 4.78 is 7.37. The number of anilines is 1. The van der Waals surface area contributed by atoms with Crippen LogP contribution in [0.2, 0.25) is 0 Å². The summed E-state index contributed by atoms with van der Waals surface area (Å²) in [6.07, 6.45) is 4.75. The molecule has 0 fully saturated rings. The Labute approximate surface area is 171 Å². The molecule has 0 aliphatic carbocycles. The molecule has 28 heavy (non-hydrogen) atoms. The van der Waals surface area contributed by atoms with Gasteiger partial charge in [-0.2, -0.15) is 5.10 Å². The number of aromatic nitrogens is 2. The predicted molar refractivity (Wildman–Crippen MR) is 111 cm³/mol. The van der Waals surface area contributed by atoms with Crippen molar-refractivity contribution >= 4 is 39.7 Å². The van der Waals surface area contributed by atoms with Crippen LogP contribution in [0.5, 0.6) is 0 Å². The number of nitrogens with one attached hydrogen (secondary N) is 1. The van der Waals surface area contributed by atoms with Crippen LogP contribution in [0.1, 0.15) is 21.5 Å². The van der Waals surface area contributed by atoms with Crippen LogP contribution >= 0.6 is 15.9 Å². The Morgan fingerprint density at radius 2 is 1.89 bits per heavy atom. The fourth-order valence-electron chi connectivity index (χ4n) is 2.54. The SMILES string of the molecule is COC(=O)c1ccc(/C=C/C(=O)Nc2ccnn2Cc2ccccc2Br)cc1. The van der Waals surface area contributed by atoms with E-state index < -0.39 is 5.97 Å². The number of esters is 1. The van der Waals surface area contributed by atoms with Gasteiger partial charge in [0.25, 0.3) is 0 Å². The van der Waals surface area contributed by atoms with Gasteiger partial charge in [-0.25, -0.2) is 9.48 Å². The summed E-state index contributed by atoms with van der Waals surface area (Å²) in [7, 11) is 1.34. The van der Waals surface area contributed by atoms with E-state index in [9.17, 15) is 9.59 Å². The summed E-state index contributed by atoms with van der Waals surface area (Å²) in [5.74, 6) is -0.0658. The third-order valence-electron chi connectivity index (χ3n) is 4.00. The fraction of sp³-hybridized carbons (Fsp3) is 0.0952. The average Bonchev–Trinajstić information content (AvgIpc) is 3.14. The van der Waals surface area contributed by atoms with E-state index in [2.05, 4.69) is 31.1 Å². The second-order valence-corrected chi connectivity index (χ2v) is 6.76. The molecule has 1 N–H and O–H groups in total. The first kappa shape index (κ1) is 19.6. The van der Waals surface area contributed by atoms with E-state index in [0.29, 0.717) is 17.9 Å². The number of carbonyl (C=O) groups is 2. The second-order valence-electron chi connectivity index (χ2n) is 5.90. The molecule has 6 nitrogen and oxygen atoms in total. The van der Waals surface area contributed by atoms with E-state index in [1.54, 1.807) is 47.3 Å². The van der Waals surface area contributed by atoms with Gasteiger partial charge in [0.2, 0.25) is 5.91 Å². The topological polar surface area (TPSA) is 73.2 Å². The van der Waals surface area contributed by atoms with Crippen LogP contribution in [-0.4, -0.2) is 28.8 Å². The molecule has 1 aromatic heterocycles. The molecule has 0 saturated carbocycles. The van der Waals surface area contributed by atoms with Crippen molar-refractivity contribution in [1.82, 2.24) is 9.78 Å². The number of amides is 1. The maximum absolute atomic E-state index is 12.3. The minimum absolute atomic E-state index is 0.272. The highest BCUT2D eigenvalue weighted by atomic mass is 79.9. The summed E-state index contributed by atoms with van der Waals surface area (Å²) in [5, 5.41) is 7.10. The predicted octanol–water partition coefficient (Wildman–Crippen LogP) is 4.13. The maximum atomic E-state index is 12.3. The summed E-state index contributed by atoms with van der Waals surface area (Å²) >= 11 is 3.52. The number of halogens is 1. The maximum Gasteiger partial charge on any atom is 0.337 e. The van der Waals surface area contributed by atoms with Gasteiger partial charge in [0, 0.05) is 16.6 Å². The van der Waals surface area contributed by atoms with E-state index in [1.807, 2.05) is 24.3 Å². The van der Waals surface area contributed by atoms with Crippen molar-refractivity contribution in [3.8, 4) is 0 Å². The first-order valence-corrected chi connectivity index (χ1v) is 9.29. The van der Waals surface area contributed by atoms with Gasteiger partial charge in [0.15, 0.2) is 0 Å². The molecule has 142 valence electrons. The van der Waals surface area contributed by atoms with Crippen molar-refractivity contribution in [3.05, 3.63) is 88.0 Å². The largest absolute Gasteiger partial charge is 0.465 e. The molecule has 1 heterocycles. The number of ether oxygens (including phenoxy) is 1. The third kappa shape index (κ3) is 4.95. The summed E-state index contributed by atoms with van der Waals surface area (Å²) in [6, 6.07) is 16.4. The van der Waals surface area contributed by atoms with Crippen molar-refractivity contribution < 1.29 is 14.3 Å². The highest BCUT2D eigenvalue weighted by molar-refractivity contribution is 9.10. The lowest BCUT2D eigenvalue weighted by atomic mass is 10.1. The molecule has 3 rings (SSSR count). The minimum atomic E-state index is -0.397. The van der Waals surface area contributed by atoms with Crippen LogP contribution in [-0.2, 0) is 16.1 Å². The summed E-state index contributed by atoms with van der Waals surface area (Å²) in [5.41, 5.74) is 2.31. The monoisotopic (exact) mass is 439 g/mol. The van der Waals surface area contributed by atoms with E-state index >= 15 is 0 Å². The smallest absolute Gasteiger partial charge is 0.337 e. The van der Waals surface area contributed by atoms with Gasteiger partial charge < -0.3 is 10.1 Å². The quantitative estimate of drug-likeness (QED) is 0.462. The molecule has 0 aliphatic rings. The molecule has 0 atom stereocenters. The minimum Gasteiger partial charge on any atom is -0.465 e. The first-order chi connectivity index (χ1) is 13.6. The van der Waals surface area contributed by atoms with Crippen molar-refractivity contribution in [2.45, 2.75) is 6.54 Å². The van der Waals surface area contributed by atoms with E-state index in [4.69, 9.17) is 0 Å². The van der Waals surface area contributed by atoms with Gasteiger partial charge in [0.1, 0.15) is 5.82 Å². The zero-order chi connectivity index (χ0) is 19.9. The van der Waals surface area contributed by atoms with Crippen molar-refractivity contribution in [3.63, 3.8) is 0 Å². The lowest BCUT2D eigenvalue weighted by Crippen LogP contribution is -2.14. The van der Waals surface area contributed by atoms with Crippen molar-refractivity contribution in [2.75, 3.05) is 12.4 Å². The Hall–Kier alpha value is -3.19. The van der Waals surface area contributed by atoms with Gasteiger partial charge in [-0.3, -0.25) is 4.79 Å².